The Morgan fingerprint density at radius 1 is 1.44 bits per heavy atom. The summed E-state index contributed by atoms with van der Waals surface area (Å²) >= 11 is 0. The standard InChI is InChI=1S/C11H19N5O2/c1-17-8-4-3-5-16(6-8)11-9(18-2)10(15-12)13-7-14-11/h7-8H,3-6,12H2,1-2H3,(H,13,14,15). The molecule has 1 saturated heterocycles. The van der Waals surface area contributed by atoms with Gasteiger partial charge < -0.3 is 19.8 Å². The van der Waals surface area contributed by atoms with Crippen molar-refractivity contribution in [1.29, 1.82) is 0 Å². The van der Waals surface area contributed by atoms with Gasteiger partial charge in [0, 0.05) is 20.2 Å². The van der Waals surface area contributed by atoms with Gasteiger partial charge in [0.2, 0.25) is 5.75 Å². The first-order valence-corrected chi connectivity index (χ1v) is 5.93. The third kappa shape index (κ3) is 2.46. The molecule has 3 N–H and O–H groups in total. The molecule has 7 nitrogen and oxygen atoms in total. The summed E-state index contributed by atoms with van der Waals surface area (Å²) in [5.41, 5.74) is 2.52. The van der Waals surface area contributed by atoms with Gasteiger partial charge in [-0.15, -0.1) is 0 Å². The summed E-state index contributed by atoms with van der Waals surface area (Å²) < 4.78 is 10.7. The number of rotatable bonds is 4. The Balaban J connectivity index is 2.26. The van der Waals surface area contributed by atoms with Crippen molar-refractivity contribution in [1.82, 2.24) is 9.97 Å². The van der Waals surface area contributed by atoms with E-state index in [4.69, 9.17) is 15.3 Å². The second-order valence-corrected chi connectivity index (χ2v) is 4.17. The molecule has 2 heterocycles. The molecular formula is C11H19N5O2. The number of nitrogen functional groups attached to an aromatic ring is 1. The van der Waals surface area contributed by atoms with Crippen LogP contribution < -0.4 is 20.9 Å². The summed E-state index contributed by atoms with van der Waals surface area (Å²) in [6, 6.07) is 0. The average Bonchev–Trinajstić information content (AvgIpc) is 2.46. The molecule has 0 saturated carbocycles. The van der Waals surface area contributed by atoms with Crippen LogP contribution in [0.1, 0.15) is 12.8 Å². The highest BCUT2D eigenvalue weighted by Crippen LogP contribution is 2.32. The first-order valence-electron chi connectivity index (χ1n) is 5.93. The van der Waals surface area contributed by atoms with Gasteiger partial charge in [0.25, 0.3) is 0 Å². The fourth-order valence-electron chi connectivity index (χ4n) is 2.20. The Bertz CT molecular complexity index is 401. The topological polar surface area (TPSA) is 85.5 Å². The molecule has 0 aromatic carbocycles. The van der Waals surface area contributed by atoms with Gasteiger partial charge in [0.15, 0.2) is 11.6 Å². The molecule has 0 bridgehead atoms. The molecule has 1 aromatic rings. The zero-order valence-corrected chi connectivity index (χ0v) is 10.7. The highest BCUT2D eigenvalue weighted by Gasteiger charge is 2.24. The average molecular weight is 253 g/mol. The summed E-state index contributed by atoms with van der Waals surface area (Å²) in [5.74, 6) is 7.22. The minimum absolute atomic E-state index is 0.229. The van der Waals surface area contributed by atoms with Crippen LogP contribution in [0.15, 0.2) is 6.33 Å². The molecule has 0 radical (unpaired) electrons. The van der Waals surface area contributed by atoms with Crippen molar-refractivity contribution < 1.29 is 9.47 Å². The SMILES string of the molecule is COc1c(NN)ncnc1N1CCCC(OC)C1. The molecule has 1 atom stereocenters. The minimum Gasteiger partial charge on any atom is -0.490 e. The number of hydrogen-bond donors (Lipinski definition) is 2. The normalized spacial score (nSPS) is 19.7. The quantitative estimate of drug-likeness (QED) is 0.593. The molecule has 18 heavy (non-hydrogen) atoms. The van der Waals surface area contributed by atoms with E-state index in [0.717, 1.165) is 31.7 Å². The first kappa shape index (κ1) is 12.8. The second kappa shape index (κ2) is 5.83. The third-order valence-electron chi connectivity index (χ3n) is 3.14. The molecule has 1 aliphatic rings. The van der Waals surface area contributed by atoms with Crippen LogP contribution >= 0.6 is 0 Å². The number of hydrogen-bond acceptors (Lipinski definition) is 7. The summed E-state index contributed by atoms with van der Waals surface area (Å²) in [7, 11) is 3.32. The monoisotopic (exact) mass is 253 g/mol. The van der Waals surface area contributed by atoms with Gasteiger partial charge in [-0.2, -0.15) is 0 Å². The maximum atomic E-state index is 5.41. The molecule has 1 unspecified atom stereocenters. The van der Waals surface area contributed by atoms with Crippen molar-refractivity contribution in [3.05, 3.63) is 6.33 Å². The lowest BCUT2D eigenvalue weighted by Crippen LogP contribution is -2.40. The van der Waals surface area contributed by atoms with Gasteiger partial charge in [-0.05, 0) is 12.8 Å². The molecule has 1 fully saturated rings. The van der Waals surface area contributed by atoms with Crippen LogP contribution in [-0.2, 0) is 4.74 Å². The van der Waals surface area contributed by atoms with Crippen LogP contribution in [0.3, 0.4) is 0 Å². The molecule has 0 aliphatic carbocycles. The molecule has 7 heteroatoms. The fraction of sp³-hybridized carbons (Fsp3) is 0.636. The number of nitrogens with two attached hydrogens (primary N) is 1. The molecule has 1 aliphatic heterocycles. The van der Waals surface area contributed by atoms with Gasteiger partial charge >= 0.3 is 0 Å². The van der Waals surface area contributed by atoms with Crippen molar-refractivity contribution in [3.63, 3.8) is 0 Å². The number of piperidine rings is 1. The van der Waals surface area contributed by atoms with Crippen molar-refractivity contribution in [3.8, 4) is 5.75 Å². The van der Waals surface area contributed by atoms with Crippen LogP contribution in [0.25, 0.3) is 0 Å². The number of hydrazine groups is 1. The second-order valence-electron chi connectivity index (χ2n) is 4.17. The Hall–Kier alpha value is -1.60. The number of anilines is 2. The van der Waals surface area contributed by atoms with Crippen molar-refractivity contribution in [2.75, 3.05) is 37.6 Å². The Morgan fingerprint density at radius 3 is 2.94 bits per heavy atom. The van der Waals surface area contributed by atoms with E-state index in [1.807, 2.05) is 0 Å². The largest absolute Gasteiger partial charge is 0.490 e. The number of aromatic nitrogens is 2. The lowest BCUT2D eigenvalue weighted by Gasteiger charge is -2.33. The smallest absolute Gasteiger partial charge is 0.205 e. The van der Waals surface area contributed by atoms with Gasteiger partial charge in [-0.1, -0.05) is 0 Å². The number of methoxy groups -OCH3 is 2. The zero-order valence-electron chi connectivity index (χ0n) is 10.7. The first-order chi connectivity index (χ1) is 8.80. The molecule has 0 spiro atoms. The van der Waals surface area contributed by atoms with E-state index in [9.17, 15) is 0 Å². The van der Waals surface area contributed by atoms with E-state index in [0.29, 0.717) is 11.6 Å². The van der Waals surface area contributed by atoms with Crippen molar-refractivity contribution in [2.45, 2.75) is 18.9 Å². The van der Waals surface area contributed by atoms with Crippen molar-refractivity contribution >= 4 is 11.6 Å². The number of nitrogens with one attached hydrogen (secondary N) is 1. The van der Waals surface area contributed by atoms with E-state index < -0.39 is 0 Å². The van der Waals surface area contributed by atoms with Crippen LogP contribution in [0, 0.1) is 0 Å². The van der Waals surface area contributed by atoms with Crippen LogP contribution in [0.4, 0.5) is 11.6 Å². The molecular weight excluding hydrogens is 234 g/mol. The summed E-state index contributed by atoms with van der Waals surface area (Å²) in [6.45, 7) is 1.73. The lowest BCUT2D eigenvalue weighted by atomic mass is 10.1. The van der Waals surface area contributed by atoms with E-state index >= 15 is 0 Å². The maximum Gasteiger partial charge on any atom is 0.205 e. The molecule has 2 rings (SSSR count). The van der Waals surface area contributed by atoms with Crippen LogP contribution in [0.5, 0.6) is 5.75 Å². The third-order valence-corrected chi connectivity index (χ3v) is 3.14. The molecule has 0 amide bonds. The Labute approximate surface area is 106 Å². The Morgan fingerprint density at radius 2 is 2.28 bits per heavy atom. The van der Waals surface area contributed by atoms with Gasteiger partial charge in [0.1, 0.15) is 6.33 Å². The fourth-order valence-corrected chi connectivity index (χ4v) is 2.20. The maximum absolute atomic E-state index is 5.41. The van der Waals surface area contributed by atoms with Gasteiger partial charge in [0.05, 0.1) is 13.2 Å². The van der Waals surface area contributed by atoms with E-state index in [1.165, 1.54) is 6.33 Å². The van der Waals surface area contributed by atoms with Gasteiger partial charge in [-0.25, -0.2) is 15.8 Å². The van der Waals surface area contributed by atoms with E-state index in [-0.39, 0.29) is 6.10 Å². The van der Waals surface area contributed by atoms with E-state index in [2.05, 4.69) is 20.3 Å². The minimum atomic E-state index is 0.229. The Kier molecular flexibility index (Phi) is 4.16. The predicted molar refractivity (Wildman–Crippen MR) is 68.6 cm³/mol. The van der Waals surface area contributed by atoms with Gasteiger partial charge in [-0.3, -0.25) is 0 Å². The summed E-state index contributed by atoms with van der Waals surface area (Å²) in [4.78, 5) is 10.5. The van der Waals surface area contributed by atoms with Crippen LogP contribution in [0.2, 0.25) is 0 Å². The zero-order chi connectivity index (χ0) is 13.0. The molecule has 100 valence electrons. The summed E-state index contributed by atoms with van der Waals surface area (Å²) in [5, 5.41) is 0. The predicted octanol–water partition coefficient (Wildman–Crippen LogP) is 0.386. The van der Waals surface area contributed by atoms with Crippen LogP contribution in [-0.4, -0.2) is 43.4 Å². The molecule has 1 aromatic heterocycles. The summed E-state index contributed by atoms with van der Waals surface area (Å²) in [6.07, 6.45) is 3.84. The highest BCUT2D eigenvalue weighted by molar-refractivity contribution is 5.64. The lowest BCUT2D eigenvalue weighted by molar-refractivity contribution is 0.0890. The number of ether oxygens (including phenoxy) is 2. The van der Waals surface area contributed by atoms with E-state index in [1.54, 1.807) is 14.2 Å². The highest BCUT2D eigenvalue weighted by atomic mass is 16.5. The van der Waals surface area contributed by atoms with Crippen molar-refractivity contribution in [2.24, 2.45) is 5.84 Å². The number of nitrogens with zero attached hydrogens (tertiary/aromatic N) is 3.